The van der Waals surface area contributed by atoms with Gasteiger partial charge in [0.25, 0.3) is 5.56 Å². The molecule has 1 aromatic rings. The molecule has 1 aromatic heterocycles. The van der Waals surface area contributed by atoms with Crippen molar-refractivity contribution in [2.75, 3.05) is 5.32 Å². The zero-order valence-corrected chi connectivity index (χ0v) is 11.1. The number of anilines is 1. The summed E-state index contributed by atoms with van der Waals surface area (Å²) in [5, 5.41) is 2.73. The summed E-state index contributed by atoms with van der Waals surface area (Å²) in [6, 6.07) is 2.51. The summed E-state index contributed by atoms with van der Waals surface area (Å²) in [5.74, 6) is 0.153. The summed E-state index contributed by atoms with van der Waals surface area (Å²) in [5.41, 5.74) is 6.30. The normalized spacial score (nSPS) is 12.5. The van der Waals surface area contributed by atoms with E-state index < -0.39 is 6.04 Å². The molecule has 0 aromatic carbocycles. The van der Waals surface area contributed by atoms with Gasteiger partial charge in [0, 0.05) is 18.8 Å². The minimum atomic E-state index is -0.521. The predicted octanol–water partition coefficient (Wildman–Crippen LogP) is 1.18. The van der Waals surface area contributed by atoms with Gasteiger partial charge in [-0.15, -0.1) is 0 Å². The number of nitrogens with two attached hydrogens (primary N) is 1. The molecule has 3 N–H and O–H groups in total. The average molecular weight is 251 g/mol. The smallest absolute Gasteiger partial charge is 0.250 e. The summed E-state index contributed by atoms with van der Waals surface area (Å²) < 4.78 is 1.53. The van der Waals surface area contributed by atoms with Crippen LogP contribution in [0, 0.1) is 5.92 Å². The molecule has 1 rings (SSSR count). The minimum absolute atomic E-state index is 0.0815. The van der Waals surface area contributed by atoms with E-state index in [0.29, 0.717) is 24.6 Å². The fourth-order valence-corrected chi connectivity index (χ4v) is 1.70. The molecular weight excluding hydrogens is 230 g/mol. The van der Waals surface area contributed by atoms with Gasteiger partial charge in [0.05, 0.1) is 11.7 Å². The Morgan fingerprint density at radius 2 is 2.11 bits per heavy atom. The number of aromatic nitrogens is 1. The van der Waals surface area contributed by atoms with Gasteiger partial charge in [0.15, 0.2) is 0 Å². The van der Waals surface area contributed by atoms with Crippen molar-refractivity contribution < 1.29 is 4.79 Å². The number of hydrogen-bond acceptors (Lipinski definition) is 3. The van der Waals surface area contributed by atoms with Crippen LogP contribution in [0.2, 0.25) is 0 Å². The standard InChI is InChI=1S/C13H21N3O2/c1-4-16-8-10(5-6-12(16)17)15-13(18)11(14)7-9(2)3/h5-6,8-9,11H,4,7,14H2,1-3H3,(H,15,18)/t11-/m1/s1. The van der Waals surface area contributed by atoms with Gasteiger partial charge in [-0.2, -0.15) is 0 Å². The summed E-state index contributed by atoms with van der Waals surface area (Å²) in [6.07, 6.45) is 2.27. The number of carbonyl (C=O) groups is 1. The van der Waals surface area contributed by atoms with Crippen LogP contribution in [0.25, 0.3) is 0 Å². The first-order valence-electron chi connectivity index (χ1n) is 6.21. The third-order valence-corrected chi connectivity index (χ3v) is 2.65. The Kier molecular flexibility index (Phi) is 5.09. The quantitative estimate of drug-likeness (QED) is 0.825. The molecule has 18 heavy (non-hydrogen) atoms. The topological polar surface area (TPSA) is 77.1 Å². The molecule has 5 heteroatoms. The molecule has 0 saturated carbocycles. The van der Waals surface area contributed by atoms with Gasteiger partial charge in [-0.25, -0.2) is 0 Å². The van der Waals surface area contributed by atoms with Crippen molar-refractivity contribution in [2.45, 2.75) is 39.8 Å². The number of rotatable bonds is 5. The SMILES string of the molecule is CCn1cc(NC(=O)[C@H](N)CC(C)C)ccc1=O. The molecule has 0 spiro atoms. The maximum absolute atomic E-state index is 11.8. The number of amides is 1. The Labute approximate surface area is 107 Å². The van der Waals surface area contributed by atoms with Gasteiger partial charge < -0.3 is 15.6 Å². The fraction of sp³-hybridized carbons (Fsp3) is 0.538. The van der Waals surface area contributed by atoms with E-state index in [1.807, 2.05) is 20.8 Å². The lowest BCUT2D eigenvalue weighted by molar-refractivity contribution is -0.117. The Balaban J connectivity index is 2.73. The maximum Gasteiger partial charge on any atom is 0.250 e. The molecule has 5 nitrogen and oxygen atoms in total. The predicted molar refractivity (Wildman–Crippen MR) is 72.4 cm³/mol. The van der Waals surface area contributed by atoms with Crippen molar-refractivity contribution in [3.05, 3.63) is 28.7 Å². The van der Waals surface area contributed by atoms with Gasteiger partial charge in [-0.1, -0.05) is 13.8 Å². The average Bonchev–Trinajstić information content (AvgIpc) is 2.30. The number of hydrogen-bond donors (Lipinski definition) is 2. The van der Waals surface area contributed by atoms with E-state index in [1.165, 1.54) is 10.6 Å². The van der Waals surface area contributed by atoms with Crippen LogP contribution in [-0.4, -0.2) is 16.5 Å². The van der Waals surface area contributed by atoms with Crippen LogP contribution < -0.4 is 16.6 Å². The second-order valence-electron chi connectivity index (χ2n) is 4.77. The molecule has 1 atom stereocenters. The van der Waals surface area contributed by atoms with Gasteiger partial charge in [0.2, 0.25) is 5.91 Å². The fourth-order valence-electron chi connectivity index (χ4n) is 1.70. The molecule has 0 bridgehead atoms. The van der Waals surface area contributed by atoms with Crippen LogP contribution >= 0.6 is 0 Å². The maximum atomic E-state index is 11.8. The molecule has 0 aliphatic carbocycles. The van der Waals surface area contributed by atoms with Crippen molar-refractivity contribution in [1.82, 2.24) is 4.57 Å². The van der Waals surface area contributed by atoms with Crippen molar-refractivity contribution in [3.63, 3.8) is 0 Å². The number of pyridine rings is 1. The molecule has 0 aliphatic heterocycles. The van der Waals surface area contributed by atoms with E-state index in [-0.39, 0.29) is 11.5 Å². The number of aryl methyl sites for hydroxylation is 1. The third-order valence-electron chi connectivity index (χ3n) is 2.65. The molecule has 100 valence electrons. The highest BCUT2D eigenvalue weighted by Gasteiger charge is 2.15. The summed E-state index contributed by atoms with van der Waals surface area (Å²) in [6.45, 7) is 6.48. The van der Waals surface area contributed by atoms with Gasteiger partial charge in [0.1, 0.15) is 0 Å². The lowest BCUT2D eigenvalue weighted by Gasteiger charge is -2.14. The molecule has 0 fully saturated rings. The Morgan fingerprint density at radius 1 is 1.44 bits per heavy atom. The van der Waals surface area contributed by atoms with Crippen LogP contribution in [0.15, 0.2) is 23.1 Å². The second-order valence-corrected chi connectivity index (χ2v) is 4.77. The van der Waals surface area contributed by atoms with Crippen LogP contribution in [0.4, 0.5) is 5.69 Å². The molecule has 0 saturated heterocycles. The summed E-state index contributed by atoms with van der Waals surface area (Å²) in [7, 11) is 0. The Morgan fingerprint density at radius 3 is 2.67 bits per heavy atom. The molecule has 0 unspecified atom stereocenters. The number of nitrogens with zero attached hydrogens (tertiary/aromatic N) is 1. The van der Waals surface area contributed by atoms with Crippen LogP contribution in [-0.2, 0) is 11.3 Å². The van der Waals surface area contributed by atoms with E-state index in [1.54, 1.807) is 12.3 Å². The second kappa shape index (κ2) is 6.35. The van der Waals surface area contributed by atoms with Crippen LogP contribution in [0.5, 0.6) is 0 Å². The molecule has 0 aliphatic rings. The lowest BCUT2D eigenvalue weighted by Crippen LogP contribution is -2.37. The number of carbonyl (C=O) groups excluding carboxylic acids is 1. The van der Waals surface area contributed by atoms with E-state index in [4.69, 9.17) is 5.73 Å². The molecule has 1 amide bonds. The zero-order chi connectivity index (χ0) is 13.7. The van der Waals surface area contributed by atoms with Crippen LogP contribution in [0.1, 0.15) is 27.2 Å². The third kappa shape index (κ3) is 4.00. The van der Waals surface area contributed by atoms with Crippen molar-refractivity contribution in [3.8, 4) is 0 Å². The van der Waals surface area contributed by atoms with E-state index in [0.717, 1.165) is 0 Å². The Hall–Kier alpha value is -1.62. The van der Waals surface area contributed by atoms with E-state index in [2.05, 4.69) is 5.32 Å². The molecular formula is C13H21N3O2. The van der Waals surface area contributed by atoms with Crippen LogP contribution in [0.3, 0.4) is 0 Å². The van der Waals surface area contributed by atoms with E-state index >= 15 is 0 Å². The largest absolute Gasteiger partial charge is 0.323 e. The first kappa shape index (κ1) is 14.4. The van der Waals surface area contributed by atoms with Crippen molar-refractivity contribution in [2.24, 2.45) is 11.7 Å². The summed E-state index contributed by atoms with van der Waals surface area (Å²) >= 11 is 0. The van der Waals surface area contributed by atoms with Gasteiger partial charge in [-0.05, 0) is 25.3 Å². The van der Waals surface area contributed by atoms with Gasteiger partial charge >= 0.3 is 0 Å². The highest BCUT2D eigenvalue weighted by Crippen LogP contribution is 2.07. The minimum Gasteiger partial charge on any atom is -0.323 e. The van der Waals surface area contributed by atoms with Gasteiger partial charge in [-0.3, -0.25) is 9.59 Å². The zero-order valence-electron chi connectivity index (χ0n) is 11.1. The molecule has 0 radical (unpaired) electrons. The monoisotopic (exact) mass is 251 g/mol. The first-order chi connectivity index (χ1) is 8.43. The van der Waals surface area contributed by atoms with E-state index in [9.17, 15) is 9.59 Å². The Bertz CT molecular complexity index is 466. The van der Waals surface area contributed by atoms with Crippen molar-refractivity contribution >= 4 is 11.6 Å². The first-order valence-corrected chi connectivity index (χ1v) is 6.21. The highest BCUT2D eigenvalue weighted by molar-refractivity contribution is 5.94. The highest BCUT2D eigenvalue weighted by atomic mass is 16.2. The summed E-state index contributed by atoms with van der Waals surface area (Å²) in [4.78, 5) is 23.2. The van der Waals surface area contributed by atoms with Crippen molar-refractivity contribution in [1.29, 1.82) is 0 Å². The molecule has 1 heterocycles. The number of nitrogens with one attached hydrogen (secondary N) is 1. The lowest BCUT2D eigenvalue weighted by atomic mass is 10.0.